The van der Waals surface area contributed by atoms with E-state index in [1.807, 2.05) is 42.5 Å². The van der Waals surface area contributed by atoms with Crippen LogP contribution < -0.4 is 4.90 Å². The molecule has 0 aliphatic carbocycles. The summed E-state index contributed by atoms with van der Waals surface area (Å²) in [6.45, 7) is 0.168. The molecule has 6 heteroatoms. The molecule has 3 aromatic carbocycles. The fourth-order valence-corrected chi connectivity index (χ4v) is 3.76. The number of aromatic nitrogens is 1. The average Bonchev–Trinajstić information content (AvgIpc) is 3.37. The average molecular weight is 398 g/mol. The Bertz CT molecular complexity index is 1250. The summed E-state index contributed by atoms with van der Waals surface area (Å²) in [5.74, 6) is -1.33. The lowest BCUT2D eigenvalue weighted by atomic mass is 10.0. The first kappa shape index (κ1) is 18.1. The maximum atomic E-state index is 12.2. The van der Waals surface area contributed by atoms with Gasteiger partial charge >= 0.3 is 5.97 Å². The Morgan fingerprint density at radius 3 is 2.37 bits per heavy atom. The molecule has 1 N–H and O–H groups in total. The number of hydrogen-bond acceptors (Lipinski definition) is 4. The summed E-state index contributed by atoms with van der Waals surface area (Å²) < 4.78 is 5.94. The Labute approximate surface area is 172 Å². The Morgan fingerprint density at radius 1 is 0.967 bits per heavy atom. The lowest BCUT2D eigenvalue weighted by molar-refractivity contribution is -0.141. The number of carbonyl (C=O) groups excluding carboxylic acids is 1. The summed E-state index contributed by atoms with van der Waals surface area (Å²) in [6.07, 6.45) is 0.0167. The van der Waals surface area contributed by atoms with Crippen molar-refractivity contribution in [3.05, 3.63) is 72.8 Å². The normalized spacial score (nSPS) is 16.3. The number of carboxylic acid groups (broad SMARTS) is 1. The minimum Gasteiger partial charge on any atom is -0.481 e. The van der Waals surface area contributed by atoms with Crippen molar-refractivity contribution < 1.29 is 19.1 Å². The van der Waals surface area contributed by atoms with Crippen LogP contribution in [-0.2, 0) is 9.59 Å². The Hall–Kier alpha value is -3.93. The van der Waals surface area contributed by atoms with Gasteiger partial charge in [-0.25, -0.2) is 4.98 Å². The molecular weight excluding hydrogens is 380 g/mol. The third-order valence-electron chi connectivity index (χ3n) is 5.40. The molecule has 1 unspecified atom stereocenters. The molecule has 5 rings (SSSR count). The van der Waals surface area contributed by atoms with Gasteiger partial charge in [0.1, 0.15) is 5.52 Å². The number of rotatable bonds is 4. The molecule has 4 aromatic rings. The van der Waals surface area contributed by atoms with Crippen molar-refractivity contribution in [2.24, 2.45) is 5.92 Å². The molecule has 30 heavy (non-hydrogen) atoms. The maximum Gasteiger partial charge on any atom is 0.308 e. The van der Waals surface area contributed by atoms with E-state index in [1.165, 1.54) is 4.90 Å². The van der Waals surface area contributed by atoms with Gasteiger partial charge in [-0.1, -0.05) is 42.5 Å². The van der Waals surface area contributed by atoms with E-state index in [0.717, 1.165) is 16.7 Å². The van der Waals surface area contributed by atoms with Crippen molar-refractivity contribution in [3.63, 3.8) is 0 Å². The van der Waals surface area contributed by atoms with E-state index in [0.29, 0.717) is 22.7 Å². The number of carboxylic acids is 1. The first-order valence-corrected chi connectivity index (χ1v) is 9.68. The van der Waals surface area contributed by atoms with E-state index in [-0.39, 0.29) is 18.9 Å². The van der Waals surface area contributed by atoms with Crippen LogP contribution in [0.4, 0.5) is 5.69 Å². The molecule has 0 spiro atoms. The van der Waals surface area contributed by atoms with Crippen molar-refractivity contribution in [2.75, 3.05) is 11.4 Å². The largest absolute Gasteiger partial charge is 0.481 e. The van der Waals surface area contributed by atoms with Crippen LogP contribution in [0.2, 0.25) is 0 Å². The van der Waals surface area contributed by atoms with E-state index in [4.69, 9.17) is 4.42 Å². The molecular formula is C24H18N2O4. The van der Waals surface area contributed by atoms with Crippen LogP contribution in [0.25, 0.3) is 33.7 Å². The monoisotopic (exact) mass is 398 g/mol. The van der Waals surface area contributed by atoms with Crippen LogP contribution in [0.3, 0.4) is 0 Å². The van der Waals surface area contributed by atoms with Crippen molar-refractivity contribution in [2.45, 2.75) is 6.42 Å². The second-order valence-electron chi connectivity index (χ2n) is 7.36. The third kappa shape index (κ3) is 3.22. The van der Waals surface area contributed by atoms with Crippen molar-refractivity contribution >= 4 is 28.7 Å². The van der Waals surface area contributed by atoms with Gasteiger partial charge < -0.3 is 14.4 Å². The lowest BCUT2D eigenvalue weighted by Gasteiger charge is -2.15. The Balaban J connectivity index is 1.43. The van der Waals surface area contributed by atoms with E-state index >= 15 is 0 Å². The van der Waals surface area contributed by atoms with Gasteiger partial charge in [0.2, 0.25) is 11.8 Å². The van der Waals surface area contributed by atoms with Crippen LogP contribution in [0.5, 0.6) is 0 Å². The predicted octanol–water partition coefficient (Wildman–Crippen LogP) is 4.60. The van der Waals surface area contributed by atoms with Gasteiger partial charge in [0, 0.05) is 30.3 Å². The van der Waals surface area contributed by atoms with E-state index in [9.17, 15) is 14.7 Å². The molecule has 2 heterocycles. The molecule has 1 atom stereocenters. The summed E-state index contributed by atoms with van der Waals surface area (Å²) in [4.78, 5) is 29.5. The minimum atomic E-state index is -0.951. The summed E-state index contributed by atoms with van der Waals surface area (Å²) in [5, 5.41) is 9.18. The van der Waals surface area contributed by atoms with Gasteiger partial charge in [0.15, 0.2) is 5.58 Å². The minimum absolute atomic E-state index is 0.0167. The van der Waals surface area contributed by atoms with E-state index < -0.39 is 11.9 Å². The van der Waals surface area contributed by atoms with E-state index in [1.54, 1.807) is 18.2 Å². The van der Waals surface area contributed by atoms with Crippen LogP contribution in [0.15, 0.2) is 77.2 Å². The van der Waals surface area contributed by atoms with Gasteiger partial charge in [-0.2, -0.15) is 0 Å². The number of benzene rings is 3. The standard InChI is InChI=1S/C24H18N2O4/c27-22-12-18(24(28)29)14-26(22)19-10-11-20-21(13-19)30-23(25-20)17-8-6-16(7-9-17)15-4-2-1-3-5-15/h1-11,13,18H,12,14H2,(H,28,29). The third-order valence-corrected chi connectivity index (χ3v) is 5.40. The van der Waals surface area contributed by atoms with Crippen LogP contribution in [-0.4, -0.2) is 28.5 Å². The van der Waals surface area contributed by atoms with Gasteiger partial charge in [-0.3, -0.25) is 9.59 Å². The van der Waals surface area contributed by atoms with Crippen LogP contribution in [0, 0.1) is 5.92 Å². The number of fused-ring (bicyclic) bond motifs is 1. The maximum absolute atomic E-state index is 12.2. The Morgan fingerprint density at radius 2 is 1.67 bits per heavy atom. The van der Waals surface area contributed by atoms with Gasteiger partial charge in [-0.05, 0) is 35.4 Å². The molecule has 1 aliphatic rings. The van der Waals surface area contributed by atoms with Crippen molar-refractivity contribution in [3.8, 4) is 22.6 Å². The first-order valence-electron chi connectivity index (χ1n) is 9.68. The second kappa shape index (κ2) is 7.15. The highest BCUT2D eigenvalue weighted by Crippen LogP contribution is 2.31. The highest BCUT2D eigenvalue weighted by atomic mass is 16.4. The molecule has 0 bridgehead atoms. The zero-order valence-electron chi connectivity index (χ0n) is 16.0. The summed E-state index contributed by atoms with van der Waals surface area (Å²) in [7, 11) is 0. The lowest BCUT2D eigenvalue weighted by Crippen LogP contribution is -2.25. The molecule has 6 nitrogen and oxygen atoms in total. The number of hydrogen-bond donors (Lipinski definition) is 1. The van der Waals surface area contributed by atoms with Gasteiger partial charge in [0.25, 0.3) is 0 Å². The fourth-order valence-electron chi connectivity index (χ4n) is 3.76. The first-order chi connectivity index (χ1) is 14.6. The quantitative estimate of drug-likeness (QED) is 0.543. The summed E-state index contributed by atoms with van der Waals surface area (Å²) in [5.41, 5.74) is 4.97. The molecule has 1 fully saturated rings. The molecule has 0 radical (unpaired) electrons. The van der Waals surface area contributed by atoms with Crippen molar-refractivity contribution in [1.29, 1.82) is 0 Å². The highest BCUT2D eigenvalue weighted by molar-refractivity contribution is 6.00. The van der Waals surface area contributed by atoms with Gasteiger partial charge in [-0.15, -0.1) is 0 Å². The van der Waals surface area contributed by atoms with Crippen LogP contribution in [0.1, 0.15) is 6.42 Å². The van der Waals surface area contributed by atoms with Crippen LogP contribution >= 0.6 is 0 Å². The zero-order chi connectivity index (χ0) is 20.7. The number of oxazole rings is 1. The molecule has 148 valence electrons. The smallest absolute Gasteiger partial charge is 0.308 e. The molecule has 0 saturated carbocycles. The van der Waals surface area contributed by atoms with E-state index in [2.05, 4.69) is 17.1 Å². The Kier molecular flexibility index (Phi) is 4.32. The number of nitrogens with zero attached hydrogens (tertiary/aromatic N) is 2. The van der Waals surface area contributed by atoms with Gasteiger partial charge in [0.05, 0.1) is 5.92 Å². The fraction of sp³-hybridized carbons (Fsp3) is 0.125. The molecule has 1 amide bonds. The summed E-state index contributed by atoms with van der Waals surface area (Å²) in [6, 6.07) is 23.4. The van der Waals surface area contributed by atoms with Crippen molar-refractivity contribution in [1.82, 2.24) is 4.98 Å². The highest BCUT2D eigenvalue weighted by Gasteiger charge is 2.35. The molecule has 1 aromatic heterocycles. The molecule has 1 saturated heterocycles. The number of amides is 1. The number of carbonyl (C=O) groups is 2. The number of aliphatic carboxylic acids is 1. The SMILES string of the molecule is O=C(O)C1CC(=O)N(c2ccc3nc(-c4ccc(-c5ccccc5)cc4)oc3c2)C1. The predicted molar refractivity (Wildman–Crippen MR) is 113 cm³/mol. The molecule has 1 aliphatic heterocycles. The topological polar surface area (TPSA) is 83.6 Å². The second-order valence-corrected chi connectivity index (χ2v) is 7.36. The number of anilines is 1. The zero-order valence-corrected chi connectivity index (χ0v) is 16.0. The summed E-state index contributed by atoms with van der Waals surface area (Å²) >= 11 is 0.